The highest BCUT2D eigenvalue weighted by atomic mass is 127. The number of hydrogen-bond donors (Lipinski definition) is 1. The number of nitrogens with two attached hydrogens (primary N) is 1. The van der Waals surface area contributed by atoms with E-state index in [-0.39, 0.29) is 0 Å². The van der Waals surface area contributed by atoms with Gasteiger partial charge in [-0.25, -0.2) is 9.97 Å². The Morgan fingerprint density at radius 3 is 2.53 bits per heavy atom. The Balaban J connectivity index is 2.47. The second kappa shape index (κ2) is 5.91. The Hall–Kier alpha value is -0.430. The molecule has 106 valence electrons. The topological polar surface area (TPSA) is 61.0 Å². The minimum Gasteiger partial charge on any atom is -0.383 e. The summed E-state index contributed by atoms with van der Waals surface area (Å²) in [6.07, 6.45) is 5.82. The summed E-state index contributed by atoms with van der Waals surface area (Å²) in [4.78, 5) is 9.26. The zero-order chi connectivity index (χ0) is 14.0. The van der Waals surface area contributed by atoms with Gasteiger partial charge in [-0.15, -0.1) is 0 Å². The molecule has 1 heterocycles. The molecule has 0 bridgehead atoms. The van der Waals surface area contributed by atoms with Crippen LogP contribution in [0.5, 0.6) is 0 Å². The summed E-state index contributed by atoms with van der Waals surface area (Å²) in [7, 11) is 1.70. The zero-order valence-electron chi connectivity index (χ0n) is 11.9. The summed E-state index contributed by atoms with van der Waals surface area (Å²) in [6, 6.07) is 0. The molecule has 4 nitrogen and oxygen atoms in total. The van der Waals surface area contributed by atoms with Gasteiger partial charge in [-0.05, 0) is 48.8 Å². The van der Waals surface area contributed by atoms with E-state index >= 15 is 0 Å². The van der Waals surface area contributed by atoms with Crippen LogP contribution in [0.1, 0.15) is 63.4 Å². The minimum absolute atomic E-state index is 0.453. The van der Waals surface area contributed by atoms with E-state index in [1.165, 1.54) is 25.7 Å². The third-order valence-electron chi connectivity index (χ3n) is 4.24. The molecule has 19 heavy (non-hydrogen) atoms. The lowest BCUT2D eigenvalue weighted by atomic mass is 10.00. The van der Waals surface area contributed by atoms with Crippen LogP contribution in [0.15, 0.2) is 0 Å². The molecule has 0 amide bonds. The first kappa shape index (κ1) is 15.0. The van der Waals surface area contributed by atoms with Gasteiger partial charge in [-0.1, -0.05) is 19.8 Å². The molecule has 1 fully saturated rings. The molecular weight excluding hydrogens is 353 g/mol. The van der Waals surface area contributed by atoms with E-state index in [4.69, 9.17) is 15.5 Å². The number of methoxy groups -OCH3 is 1. The Labute approximate surface area is 128 Å². The highest BCUT2D eigenvalue weighted by Crippen LogP contribution is 2.38. The first-order chi connectivity index (χ1) is 9.01. The van der Waals surface area contributed by atoms with Gasteiger partial charge < -0.3 is 10.5 Å². The van der Waals surface area contributed by atoms with Gasteiger partial charge in [0.05, 0.1) is 9.26 Å². The molecule has 0 aromatic carbocycles. The summed E-state index contributed by atoms with van der Waals surface area (Å²) in [5.74, 6) is 1.84. The van der Waals surface area contributed by atoms with Crippen molar-refractivity contribution in [3.63, 3.8) is 0 Å². The number of hydrogen-bond acceptors (Lipinski definition) is 4. The first-order valence-corrected chi connectivity index (χ1v) is 7.98. The van der Waals surface area contributed by atoms with E-state index < -0.39 is 5.60 Å². The normalized spacial score (nSPS) is 19.6. The maximum atomic E-state index is 6.08. The highest BCUT2D eigenvalue weighted by molar-refractivity contribution is 14.1. The number of halogens is 1. The van der Waals surface area contributed by atoms with Crippen LogP contribution >= 0.6 is 22.6 Å². The van der Waals surface area contributed by atoms with E-state index in [0.717, 1.165) is 21.5 Å². The predicted molar refractivity (Wildman–Crippen MR) is 85.0 cm³/mol. The first-order valence-electron chi connectivity index (χ1n) is 6.90. The Morgan fingerprint density at radius 1 is 1.37 bits per heavy atom. The maximum absolute atomic E-state index is 6.08. The second-order valence-electron chi connectivity index (χ2n) is 5.40. The van der Waals surface area contributed by atoms with Crippen LogP contribution in [0.3, 0.4) is 0 Å². The lowest BCUT2D eigenvalue weighted by molar-refractivity contribution is -0.00911. The van der Waals surface area contributed by atoms with Crippen molar-refractivity contribution in [2.45, 2.75) is 57.5 Å². The fourth-order valence-electron chi connectivity index (χ4n) is 2.58. The molecule has 1 atom stereocenters. The summed E-state index contributed by atoms with van der Waals surface area (Å²) in [5, 5.41) is 0. The van der Waals surface area contributed by atoms with E-state index in [2.05, 4.69) is 34.5 Å². The number of ether oxygens (including phenoxy) is 1. The smallest absolute Gasteiger partial charge is 0.162 e. The summed E-state index contributed by atoms with van der Waals surface area (Å²) >= 11 is 2.27. The summed E-state index contributed by atoms with van der Waals surface area (Å²) in [6.45, 7) is 4.10. The van der Waals surface area contributed by atoms with Gasteiger partial charge in [-0.2, -0.15) is 0 Å². The molecule has 0 radical (unpaired) electrons. The van der Waals surface area contributed by atoms with Crippen LogP contribution in [0.2, 0.25) is 0 Å². The van der Waals surface area contributed by atoms with Crippen LogP contribution in [0, 0.1) is 3.57 Å². The predicted octanol–water partition coefficient (Wildman–Crippen LogP) is 3.59. The van der Waals surface area contributed by atoms with Gasteiger partial charge in [0.1, 0.15) is 11.4 Å². The lowest BCUT2D eigenvalue weighted by Gasteiger charge is -2.26. The van der Waals surface area contributed by atoms with Gasteiger partial charge in [0.2, 0.25) is 0 Å². The zero-order valence-corrected chi connectivity index (χ0v) is 14.0. The largest absolute Gasteiger partial charge is 0.383 e. The van der Waals surface area contributed by atoms with Gasteiger partial charge in [0, 0.05) is 13.0 Å². The highest BCUT2D eigenvalue weighted by Gasteiger charge is 2.31. The fourth-order valence-corrected chi connectivity index (χ4v) is 3.26. The third-order valence-corrected chi connectivity index (χ3v) is 5.35. The molecule has 1 unspecified atom stereocenters. The van der Waals surface area contributed by atoms with E-state index in [0.29, 0.717) is 11.7 Å². The van der Waals surface area contributed by atoms with Crippen LogP contribution in [0.25, 0.3) is 0 Å². The number of aromatic nitrogens is 2. The van der Waals surface area contributed by atoms with E-state index in [1.807, 2.05) is 6.92 Å². The SMILES string of the molecule is CCC(C)(OC)c1nc(N)c(I)c(C2CCCC2)n1. The van der Waals surface area contributed by atoms with Crippen molar-refractivity contribution < 1.29 is 4.74 Å². The Morgan fingerprint density at radius 2 is 2.00 bits per heavy atom. The molecule has 1 aromatic rings. The average Bonchev–Trinajstić information content (AvgIpc) is 2.94. The van der Waals surface area contributed by atoms with Crippen molar-refractivity contribution in [3.8, 4) is 0 Å². The van der Waals surface area contributed by atoms with Crippen LogP contribution in [0.4, 0.5) is 5.82 Å². The van der Waals surface area contributed by atoms with Crippen LogP contribution in [-0.4, -0.2) is 17.1 Å². The Kier molecular flexibility index (Phi) is 4.66. The van der Waals surface area contributed by atoms with E-state index in [1.54, 1.807) is 7.11 Å². The van der Waals surface area contributed by atoms with Crippen molar-refractivity contribution in [2.75, 3.05) is 12.8 Å². The monoisotopic (exact) mass is 375 g/mol. The van der Waals surface area contributed by atoms with Crippen molar-refractivity contribution in [1.82, 2.24) is 9.97 Å². The minimum atomic E-state index is -0.453. The summed E-state index contributed by atoms with van der Waals surface area (Å²) in [5.41, 5.74) is 6.75. The lowest BCUT2D eigenvalue weighted by Crippen LogP contribution is -2.28. The molecule has 2 rings (SSSR count). The molecule has 1 aromatic heterocycles. The fraction of sp³-hybridized carbons (Fsp3) is 0.714. The summed E-state index contributed by atoms with van der Waals surface area (Å²) < 4.78 is 6.62. The maximum Gasteiger partial charge on any atom is 0.162 e. The quantitative estimate of drug-likeness (QED) is 0.817. The second-order valence-corrected chi connectivity index (χ2v) is 6.48. The van der Waals surface area contributed by atoms with Crippen LogP contribution < -0.4 is 5.73 Å². The molecule has 1 aliphatic rings. The van der Waals surface area contributed by atoms with Gasteiger partial charge in [0.15, 0.2) is 5.82 Å². The molecule has 0 saturated heterocycles. The van der Waals surface area contributed by atoms with E-state index in [9.17, 15) is 0 Å². The molecule has 0 aliphatic heterocycles. The average molecular weight is 375 g/mol. The van der Waals surface area contributed by atoms with Crippen LogP contribution in [-0.2, 0) is 10.3 Å². The standard InChI is InChI=1S/C14H22IN3O/c1-4-14(2,19-3)13-17-11(9-7-5-6-8-9)10(15)12(16)18-13/h9H,4-8H2,1-3H3,(H2,16,17,18). The number of nitrogen functional groups attached to an aromatic ring is 1. The van der Waals surface area contributed by atoms with Gasteiger partial charge >= 0.3 is 0 Å². The van der Waals surface area contributed by atoms with Crippen molar-refractivity contribution >= 4 is 28.4 Å². The van der Waals surface area contributed by atoms with Crippen molar-refractivity contribution in [3.05, 3.63) is 15.1 Å². The Bertz CT molecular complexity index is 454. The molecular formula is C14H22IN3O. The molecule has 1 saturated carbocycles. The third kappa shape index (κ3) is 2.86. The molecule has 1 aliphatic carbocycles. The molecule has 2 N–H and O–H groups in total. The number of nitrogens with zero attached hydrogens (tertiary/aromatic N) is 2. The number of rotatable bonds is 4. The molecule has 0 spiro atoms. The number of anilines is 1. The van der Waals surface area contributed by atoms with Crippen molar-refractivity contribution in [1.29, 1.82) is 0 Å². The van der Waals surface area contributed by atoms with Gasteiger partial charge in [0.25, 0.3) is 0 Å². The molecule has 5 heteroatoms. The van der Waals surface area contributed by atoms with Crippen molar-refractivity contribution in [2.24, 2.45) is 0 Å². The van der Waals surface area contributed by atoms with Gasteiger partial charge in [-0.3, -0.25) is 0 Å².